The van der Waals surface area contributed by atoms with Crippen LogP contribution in [0.15, 0.2) is 0 Å². The van der Waals surface area contributed by atoms with Crippen molar-refractivity contribution < 1.29 is 9.59 Å². The maximum absolute atomic E-state index is 11.0. The van der Waals surface area contributed by atoms with Crippen molar-refractivity contribution in [1.29, 1.82) is 0 Å². The van der Waals surface area contributed by atoms with Crippen molar-refractivity contribution in [3.63, 3.8) is 0 Å². The molecule has 0 aliphatic rings. The van der Waals surface area contributed by atoms with Crippen LogP contribution >= 0.6 is 0 Å². The van der Waals surface area contributed by atoms with E-state index < -0.39 is 23.1 Å². The fourth-order valence-electron chi connectivity index (χ4n) is 1.01. The van der Waals surface area contributed by atoms with Gasteiger partial charge in [-0.2, -0.15) is 0 Å². The Morgan fingerprint density at radius 3 is 1.92 bits per heavy atom. The molecule has 70 valence electrons. The molecule has 2 atom stereocenters. The Hall–Kier alpha value is -1.06. The van der Waals surface area contributed by atoms with E-state index >= 15 is 0 Å². The van der Waals surface area contributed by atoms with E-state index in [0.29, 0.717) is 6.42 Å². The van der Waals surface area contributed by atoms with Crippen LogP contribution in [0.3, 0.4) is 0 Å². The molecule has 0 radical (unpaired) electrons. The molecule has 4 heteroatoms. The lowest BCUT2D eigenvalue weighted by molar-refractivity contribution is -0.137. The molecular formula is C8H16N2O2. The second-order valence-electron chi connectivity index (χ2n) is 3.26. The van der Waals surface area contributed by atoms with Gasteiger partial charge in [-0.15, -0.1) is 0 Å². The lowest BCUT2D eigenvalue weighted by Crippen LogP contribution is -2.44. The van der Waals surface area contributed by atoms with E-state index in [9.17, 15) is 9.59 Å². The summed E-state index contributed by atoms with van der Waals surface area (Å²) >= 11 is 0. The first-order valence-corrected chi connectivity index (χ1v) is 3.95. The molecule has 0 rings (SSSR count). The highest BCUT2D eigenvalue weighted by Gasteiger charge is 2.38. The first kappa shape index (κ1) is 10.9. The summed E-state index contributed by atoms with van der Waals surface area (Å²) in [5, 5.41) is 0. The van der Waals surface area contributed by atoms with E-state index in [1.54, 1.807) is 13.8 Å². The predicted molar refractivity (Wildman–Crippen MR) is 46.0 cm³/mol. The standard InChI is InChI=1S/C8H16N2O2/c1-4-8(3,7(10)12)5(2)6(9)11/h5H,4H2,1-3H3,(H2,9,11)(H2,10,12). The van der Waals surface area contributed by atoms with Crippen LogP contribution in [-0.4, -0.2) is 11.8 Å². The van der Waals surface area contributed by atoms with Gasteiger partial charge in [0.2, 0.25) is 11.8 Å². The molecule has 0 aromatic rings. The number of hydrogen-bond acceptors (Lipinski definition) is 2. The molecule has 2 amide bonds. The van der Waals surface area contributed by atoms with Crippen molar-refractivity contribution in [3.05, 3.63) is 0 Å². The largest absolute Gasteiger partial charge is 0.369 e. The minimum Gasteiger partial charge on any atom is -0.369 e. The summed E-state index contributed by atoms with van der Waals surface area (Å²) in [4.78, 5) is 21.8. The Morgan fingerprint density at radius 1 is 1.42 bits per heavy atom. The molecular weight excluding hydrogens is 156 g/mol. The zero-order valence-electron chi connectivity index (χ0n) is 7.76. The maximum atomic E-state index is 11.0. The summed E-state index contributed by atoms with van der Waals surface area (Å²) in [6.07, 6.45) is 0.520. The summed E-state index contributed by atoms with van der Waals surface area (Å²) < 4.78 is 0. The van der Waals surface area contributed by atoms with E-state index in [0.717, 1.165) is 0 Å². The summed E-state index contributed by atoms with van der Waals surface area (Å²) in [6, 6.07) is 0. The first-order valence-electron chi connectivity index (χ1n) is 3.95. The van der Waals surface area contributed by atoms with Crippen LogP contribution in [-0.2, 0) is 9.59 Å². The SMILES string of the molecule is CCC(C)(C(N)=O)C(C)C(N)=O. The van der Waals surface area contributed by atoms with E-state index in [-0.39, 0.29) is 0 Å². The van der Waals surface area contributed by atoms with Crippen LogP contribution in [0, 0.1) is 11.3 Å². The number of hydrogen-bond donors (Lipinski definition) is 2. The molecule has 0 saturated heterocycles. The van der Waals surface area contributed by atoms with Crippen LogP contribution in [0.5, 0.6) is 0 Å². The van der Waals surface area contributed by atoms with Gasteiger partial charge in [-0.05, 0) is 6.42 Å². The third-order valence-corrected chi connectivity index (χ3v) is 2.68. The molecule has 2 unspecified atom stereocenters. The van der Waals surface area contributed by atoms with Crippen molar-refractivity contribution in [1.82, 2.24) is 0 Å². The van der Waals surface area contributed by atoms with Crippen molar-refractivity contribution in [2.24, 2.45) is 22.8 Å². The normalized spacial score (nSPS) is 17.9. The lowest BCUT2D eigenvalue weighted by Gasteiger charge is -2.28. The van der Waals surface area contributed by atoms with E-state index in [2.05, 4.69) is 0 Å². The van der Waals surface area contributed by atoms with Crippen LogP contribution < -0.4 is 11.5 Å². The highest BCUT2D eigenvalue weighted by molar-refractivity contribution is 5.88. The maximum Gasteiger partial charge on any atom is 0.224 e. The fourth-order valence-corrected chi connectivity index (χ4v) is 1.01. The number of nitrogens with two attached hydrogens (primary N) is 2. The lowest BCUT2D eigenvalue weighted by atomic mass is 9.75. The molecule has 0 fully saturated rings. The third kappa shape index (κ3) is 1.75. The number of carbonyl (C=O) groups is 2. The summed E-state index contributed by atoms with van der Waals surface area (Å²) in [6.45, 7) is 5.09. The van der Waals surface area contributed by atoms with Gasteiger partial charge in [0.1, 0.15) is 0 Å². The van der Waals surface area contributed by atoms with Crippen molar-refractivity contribution >= 4 is 11.8 Å². The van der Waals surface area contributed by atoms with Gasteiger partial charge in [0.15, 0.2) is 0 Å². The van der Waals surface area contributed by atoms with Gasteiger partial charge in [-0.1, -0.05) is 20.8 Å². The number of primary amides is 2. The molecule has 0 aliphatic heterocycles. The monoisotopic (exact) mass is 172 g/mol. The van der Waals surface area contributed by atoms with Crippen molar-refractivity contribution in [3.8, 4) is 0 Å². The number of rotatable bonds is 4. The average Bonchev–Trinajstić information content (AvgIpc) is 2.01. The molecule has 4 nitrogen and oxygen atoms in total. The first-order chi connectivity index (χ1) is 5.36. The highest BCUT2D eigenvalue weighted by atomic mass is 16.2. The molecule has 12 heavy (non-hydrogen) atoms. The molecule has 0 aromatic heterocycles. The van der Waals surface area contributed by atoms with Gasteiger partial charge in [-0.25, -0.2) is 0 Å². The average molecular weight is 172 g/mol. The van der Waals surface area contributed by atoms with Gasteiger partial charge in [0, 0.05) is 5.92 Å². The number of amides is 2. The Morgan fingerprint density at radius 2 is 1.83 bits per heavy atom. The van der Waals surface area contributed by atoms with E-state index in [4.69, 9.17) is 11.5 Å². The number of carbonyl (C=O) groups excluding carboxylic acids is 2. The van der Waals surface area contributed by atoms with Crippen LogP contribution in [0.25, 0.3) is 0 Å². The zero-order chi connectivity index (χ0) is 9.94. The quantitative estimate of drug-likeness (QED) is 0.625. The summed E-state index contributed by atoms with van der Waals surface area (Å²) in [7, 11) is 0. The fraction of sp³-hybridized carbons (Fsp3) is 0.750. The molecule has 0 aromatic carbocycles. The predicted octanol–water partition coefficient (Wildman–Crippen LogP) is 0.00940. The Balaban J connectivity index is 4.75. The molecule has 0 saturated carbocycles. The summed E-state index contributed by atoms with van der Waals surface area (Å²) in [5.41, 5.74) is 9.45. The van der Waals surface area contributed by atoms with E-state index in [1.807, 2.05) is 6.92 Å². The Labute approximate surface area is 72.3 Å². The van der Waals surface area contributed by atoms with E-state index in [1.165, 1.54) is 0 Å². The summed E-state index contributed by atoms with van der Waals surface area (Å²) in [5.74, 6) is -1.48. The van der Waals surface area contributed by atoms with Crippen LogP contribution in [0.2, 0.25) is 0 Å². The highest BCUT2D eigenvalue weighted by Crippen LogP contribution is 2.30. The topological polar surface area (TPSA) is 86.2 Å². The second-order valence-corrected chi connectivity index (χ2v) is 3.26. The minimum absolute atomic E-state index is 0.476. The van der Waals surface area contributed by atoms with Crippen LogP contribution in [0.4, 0.5) is 0 Å². The van der Waals surface area contributed by atoms with Gasteiger partial charge >= 0.3 is 0 Å². The molecule has 0 aliphatic carbocycles. The molecule has 0 bridgehead atoms. The third-order valence-electron chi connectivity index (χ3n) is 2.68. The molecule has 0 spiro atoms. The second kappa shape index (κ2) is 3.56. The van der Waals surface area contributed by atoms with Gasteiger partial charge in [0.25, 0.3) is 0 Å². The Bertz CT molecular complexity index is 203. The molecule has 0 heterocycles. The minimum atomic E-state index is -0.814. The Kier molecular flexibility index (Phi) is 3.24. The molecule has 4 N–H and O–H groups in total. The van der Waals surface area contributed by atoms with Crippen LogP contribution in [0.1, 0.15) is 27.2 Å². The zero-order valence-corrected chi connectivity index (χ0v) is 7.76. The smallest absolute Gasteiger partial charge is 0.224 e. The van der Waals surface area contributed by atoms with Gasteiger partial charge in [-0.3, -0.25) is 9.59 Å². The van der Waals surface area contributed by atoms with Crippen molar-refractivity contribution in [2.45, 2.75) is 27.2 Å². The van der Waals surface area contributed by atoms with Gasteiger partial charge < -0.3 is 11.5 Å². The van der Waals surface area contributed by atoms with Crippen molar-refractivity contribution in [2.75, 3.05) is 0 Å². The van der Waals surface area contributed by atoms with Gasteiger partial charge in [0.05, 0.1) is 5.41 Å².